The van der Waals surface area contributed by atoms with Gasteiger partial charge in [-0.15, -0.1) is 0 Å². The molecule has 3 N–H and O–H groups in total. The highest BCUT2D eigenvalue weighted by Crippen LogP contribution is 2.40. The van der Waals surface area contributed by atoms with E-state index in [1.165, 1.54) is 5.56 Å². The summed E-state index contributed by atoms with van der Waals surface area (Å²) in [6.45, 7) is 1.97. The van der Waals surface area contributed by atoms with E-state index in [-0.39, 0.29) is 11.9 Å². The molecular weight excluding hydrogens is 238 g/mol. The van der Waals surface area contributed by atoms with Crippen molar-refractivity contribution in [2.24, 2.45) is 5.73 Å². The molecular formula is C15H21N3O. The lowest BCUT2D eigenvalue weighted by Crippen LogP contribution is -2.39. The van der Waals surface area contributed by atoms with Gasteiger partial charge in [-0.1, -0.05) is 30.3 Å². The van der Waals surface area contributed by atoms with Crippen molar-refractivity contribution in [2.75, 3.05) is 19.6 Å². The second-order valence-corrected chi connectivity index (χ2v) is 5.63. The number of benzene rings is 1. The fourth-order valence-corrected chi connectivity index (χ4v) is 2.83. The fourth-order valence-electron chi connectivity index (χ4n) is 2.83. The van der Waals surface area contributed by atoms with E-state index in [0.29, 0.717) is 25.0 Å². The summed E-state index contributed by atoms with van der Waals surface area (Å²) in [6, 6.07) is 11.1. The number of amides is 1. The molecule has 3 atom stereocenters. The molecule has 3 rings (SSSR count). The van der Waals surface area contributed by atoms with Crippen LogP contribution >= 0.6 is 0 Å². The van der Waals surface area contributed by atoms with Crippen LogP contribution in [0.5, 0.6) is 0 Å². The van der Waals surface area contributed by atoms with E-state index in [4.69, 9.17) is 5.73 Å². The summed E-state index contributed by atoms with van der Waals surface area (Å²) in [5.74, 6) is 0.765. The van der Waals surface area contributed by atoms with Crippen molar-refractivity contribution in [2.45, 2.75) is 30.8 Å². The molecule has 1 amide bonds. The third-order valence-corrected chi connectivity index (χ3v) is 4.11. The van der Waals surface area contributed by atoms with Crippen molar-refractivity contribution in [1.29, 1.82) is 0 Å². The van der Waals surface area contributed by atoms with E-state index in [1.807, 2.05) is 11.0 Å². The smallest absolute Gasteiger partial charge is 0.236 e. The van der Waals surface area contributed by atoms with Gasteiger partial charge in [-0.3, -0.25) is 4.79 Å². The largest absolute Gasteiger partial charge is 0.340 e. The third kappa shape index (κ3) is 2.96. The fraction of sp³-hybridized carbons (Fsp3) is 0.533. The SMILES string of the molecule is N[C@@H]1CCN(C(=O)CNC2CC2c2ccccc2)C1. The summed E-state index contributed by atoms with van der Waals surface area (Å²) in [5, 5.41) is 3.36. The number of hydrogen-bond acceptors (Lipinski definition) is 3. The molecule has 1 heterocycles. The van der Waals surface area contributed by atoms with Crippen LogP contribution in [0.15, 0.2) is 30.3 Å². The average molecular weight is 259 g/mol. The number of nitrogens with zero attached hydrogens (tertiary/aromatic N) is 1. The normalized spacial score (nSPS) is 29.5. The van der Waals surface area contributed by atoms with Gasteiger partial charge in [0.2, 0.25) is 5.91 Å². The van der Waals surface area contributed by atoms with E-state index in [9.17, 15) is 4.79 Å². The number of nitrogens with one attached hydrogen (secondary N) is 1. The van der Waals surface area contributed by atoms with Crippen molar-refractivity contribution >= 4 is 5.91 Å². The Labute approximate surface area is 114 Å². The number of nitrogens with two attached hydrogens (primary N) is 1. The van der Waals surface area contributed by atoms with E-state index in [1.54, 1.807) is 0 Å². The van der Waals surface area contributed by atoms with Crippen LogP contribution in [-0.4, -0.2) is 42.5 Å². The zero-order valence-electron chi connectivity index (χ0n) is 11.1. The van der Waals surface area contributed by atoms with Crippen LogP contribution in [-0.2, 0) is 4.79 Å². The van der Waals surface area contributed by atoms with Crippen LogP contribution in [0.2, 0.25) is 0 Å². The molecule has 0 bridgehead atoms. The second-order valence-electron chi connectivity index (χ2n) is 5.63. The molecule has 0 spiro atoms. The molecule has 2 fully saturated rings. The molecule has 4 heteroatoms. The van der Waals surface area contributed by atoms with Gasteiger partial charge in [0.05, 0.1) is 6.54 Å². The molecule has 4 nitrogen and oxygen atoms in total. The lowest BCUT2D eigenvalue weighted by molar-refractivity contribution is -0.129. The Morgan fingerprint density at radius 1 is 1.37 bits per heavy atom. The summed E-state index contributed by atoms with van der Waals surface area (Å²) < 4.78 is 0. The molecule has 1 aromatic rings. The predicted molar refractivity (Wildman–Crippen MR) is 74.8 cm³/mol. The summed E-state index contributed by atoms with van der Waals surface area (Å²) in [5.41, 5.74) is 7.19. The van der Waals surface area contributed by atoms with Gasteiger partial charge in [0.1, 0.15) is 0 Å². The first kappa shape index (κ1) is 12.6. The minimum atomic E-state index is 0.168. The maximum Gasteiger partial charge on any atom is 0.236 e. The van der Waals surface area contributed by atoms with Gasteiger partial charge >= 0.3 is 0 Å². The molecule has 1 saturated carbocycles. The topological polar surface area (TPSA) is 58.4 Å². The van der Waals surface area contributed by atoms with Gasteiger partial charge in [0.25, 0.3) is 0 Å². The van der Waals surface area contributed by atoms with Gasteiger partial charge in [0.15, 0.2) is 0 Å². The number of carbonyl (C=O) groups excluding carboxylic acids is 1. The van der Waals surface area contributed by atoms with Gasteiger partial charge in [0, 0.05) is 31.1 Å². The number of rotatable bonds is 4. The Hall–Kier alpha value is -1.39. The highest BCUT2D eigenvalue weighted by molar-refractivity contribution is 5.78. The maximum atomic E-state index is 12.0. The van der Waals surface area contributed by atoms with Crippen LogP contribution in [0.1, 0.15) is 24.3 Å². The lowest BCUT2D eigenvalue weighted by atomic mass is 10.1. The minimum Gasteiger partial charge on any atom is -0.340 e. The highest BCUT2D eigenvalue weighted by atomic mass is 16.2. The zero-order valence-corrected chi connectivity index (χ0v) is 11.1. The Bertz CT molecular complexity index is 448. The molecule has 1 aromatic carbocycles. The minimum absolute atomic E-state index is 0.168. The predicted octanol–water partition coefficient (Wildman–Crippen LogP) is 0.692. The van der Waals surface area contributed by atoms with Crippen LogP contribution in [0.3, 0.4) is 0 Å². The Balaban J connectivity index is 1.43. The standard InChI is InChI=1S/C15H21N3O/c16-12-6-7-18(10-12)15(19)9-17-14-8-13(14)11-4-2-1-3-5-11/h1-5,12-14,17H,6-10,16H2/t12-,13?,14?/m1/s1. The van der Waals surface area contributed by atoms with Crippen molar-refractivity contribution < 1.29 is 4.79 Å². The van der Waals surface area contributed by atoms with Crippen molar-refractivity contribution in [3.63, 3.8) is 0 Å². The average Bonchev–Trinajstić information content (AvgIpc) is 3.09. The highest BCUT2D eigenvalue weighted by Gasteiger charge is 2.38. The molecule has 102 valence electrons. The first-order chi connectivity index (χ1) is 9.24. The molecule has 2 unspecified atom stereocenters. The summed E-state index contributed by atoms with van der Waals surface area (Å²) in [7, 11) is 0. The summed E-state index contributed by atoms with van der Waals surface area (Å²) in [6.07, 6.45) is 2.07. The molecule has 0 radical (unpaired) electrons. The second kappa shape index (κ2) is 5.31. The van der Waals surface area contributed by atoms with E-state index in [0.717, 1.165) is 19.4 Å². The quantitative estimate of drug-likeness (QED) is 0.836. The molecule has 1 saturated heterocycles. The molecule has 19 heavy (non-hydrogen) atoms. The van der Waals surface area contributed by atoms with Gasteiger partial charge in [-0.05, 0) is 18.4 Å². The third-order valence-electron chi connectivity index (χ3n) is 4.11. The zero-order chi connectivity index (χ0) is 13.2. The maximum absolute atomic E-state index is 12.0. The van der Waals surface area contributed by atoms with Crippen LogP contribution in [0.25, 0.3) is 0 Å². The van der Waals surface area contributed by atoms with E-state index >= 15 is 0 Å². The number of likely N-dealkylation sites (tertiary alicyclic amines) is 1. The first-order valence-electron chi connectivity index (χ1n) is 7.05. The van der Waals surface area contributed by atoms with Crippen molar-refractivity contribution in [1.82, 2.24) is 10.2 Å². The number of carbonyl (C=O) groups is 1. The first-order valence-corrected chi connectivity index (χ1v) is 7.05. The Kier molecular flexibility index (Phi) is 3.53. The van der Waals surface area contributed by atoms with Gasteiger partial charge < -0.3 is 16.0 Å². The van der Waals surface area contributed by atoms with Crippen LogP contribution in [0, 0.1) is 0 Å². The van der Waals surface area contributed by atoms with Gasteiger partial charge in [-0.25, -0.2) is 0 Å². The molecule has 1 aliphatic heterocycles. The molecule has 2 aliphatic rings. The Morgan fingerprint density at radius 2 is 2.16 bits per heavy atom. The number of hydrogen-bond donors (Lipinski definition) is 2. The Morgan fingerprint density at radius 3 is 2.84 bits per heavy atom. The van der Waals surface area contributed by atoms with Crippen molar-refractivity contribution in [3.8, 4) is 0 Å². The van der Waals surface area contributed by atoms with Crippen molar-refractivity contribution in [3.05, 3.63) is 35.9 Å². The van der Waals surface area contributed by atoms with E-state index < -0.39 is 0 Å². The summed E-state index contributed by atoms with van der Waals surface area (Å²) in [4.78, 5) is 13.8. The monoisotopic (exact) mass is 259 g/mol. The lowest BCUT2D eigenvalue weighted by Gasteiger charge is -2.16. The van der Waals surface area contributed by atoms with Crippen LogP contribution in [0.4, 0.5) is 0 Å². The van der Waals surface area contributed by atoms with Gasteiger partial charge in [-0.2, -0.15) is 0 Å². The molecule has 0 aromatic heterocycles. The van der Waals surface area contributed by atoms with Crippen LogP contribution < -0.4 is 11.1 Å². The molecule has 1 aliphatic carbocycles. The summed E-state index contributed by atoms with van der Waals surface area (Å²) >= 11 is 0. The van der Waals surface area contributed by atoms with E-state index in [2.05, 4.69) is 29.6 Å².